The number of anilines is 1. The average molecular weight is 290 g/mol. The van der Waals surface area contributed by atoms with Gasteiger partial charge in [-0.3, -0.25) is 9.59 Å². The molecule has 4 nitrogen and oxygen atoms in total. The number of amides is 2. The van der Waals surface area contributed by atoms with Crippen LogP contribution in [0.25, 0.3) is 0 Å². The summed E-state index contributed by atoms with van der Waals surface area (Å²) < 4.78 is 0. The van der Waals surface area contributed by atoms with Gasteiger partial charge in [0.25, 0.3) is 0 Å². The van der Waals surface area contributed by atoms with Gasteiger partial charge in [-0.05, 0) is 38.5 Å². The van der Waals surface area contributed by atoms with Crippen LogP contribution in [0.3, 0.4) is 0 Å². The van der Waals surface area contributed by atoms with Crippen LogP contribution in [0.15, 0.2) is 24.3 Å². The zero-order chi connectivity index (χ0) is 16.2. The molecule has 0 aliphatic carbocycles. The van der Waals surface area contributed by atoms with Crippen LogP contribution in [0.1, 0.15) is 40.2 Å². The fourth-order valence-electron chi connectivity index (χ4n) is 2.65. The summed E-state index contributed by atoms with van der Waals surface area (Å²) in [6.07, 6.45) is 0. The first kappa shape index (κ1) is 17.2. The van der Waals surface area contributed by atoms with Crippen molar-refractivity contribution >= 4 is 17.5 Å². The summed E-state index contributed by atoms with van der Waals surface area (Å²) >= 11 is 0. The highest BCUT2D eigenvalue weighted by molar-refractivity contribution is 5.99. The molecule has 1 heterocycles. The standard InChI is InChI=1S/C15H20N2O2.C2H6/c1-11-6-5-7-13(8-11)17-14(19)9-16(12(2)18)10-15(17,3)4;1-2/h5-8H,9-10H2,1-4H3;1-2H3. The lowest BCUT2D eigenvalue weighted by molar-refractivity contribution is -0.137. The first-order chi connectivity index (χ1) is 9.81. The molecule has 0 atom stereocenters. The van der Waals surface area contributed by atoms with Crippen LogP contribution in [0.5, 0.6) is 0 Å². The van der Waals surface area contributed by atoms with Gasteiger partial charge in [0.15, 0.2) is 0 Å². The third-order valence-electron chi connectivity index (χ3n) is 3.46. The summed E-state index contributed by atoms with van der Waals surface area (Å²) in [4.78, 5) is 27.3. The number of hydrogen-bond acceptors (Lipinski definition) is 2. The number of rotatable bonds is 1. The van der Waals surface area contributed by atoms with Crippen LogP contribution in [0, 0.1) is 6.92 Å². The molecule has 2 rings (SSSR count). The highest BCUT2D eigenvalue weighted by Gasteiger charge is 2.40. The number of aryl methyl sites for hydroxylation is 1. The molecule has 0 radical (unpaired) electrons. The van der Waals surface area contributed by atoms with Crippen molar-refractivity contribution in [3.05, 3.63) is 29.8 Å². The Kier molecular flexibility index (Phi) is 5.53. The van der Waals surface area contributed by atoms with E-state index >= 15 is 0 Å². The molecular weight excluding hydrogens is 264 g/mol. The summed E-state index contributed by atoms with van der Waals surface area (Å²) in [5, 5.41) is 0. The molecule has 116 valence electrons. The van der Waals surface area contributed by atoms with Crippen LogP contribution in [-0.4, -0.2) is 35.3 Å². The zero-order valence-corrected chi connectivity index (χ0v) is 13.9. The van der Waals surface area contributed by atoms with Gasteiger partial charge in [-0.2, -0.15) is 0 Å². The fourth-order valence-corrected chi connectivity index (χ4v) is 2.65. The lowest BCUT2D eigenvalue weighted by Gasteiger charge is -2.46. The van der Waals surface area contributed by atoms with E-state index in [1.54, 1.807) is 9.80 Å². The molecule has 1 saturated heterocycles. The van der Waals surface area contributed by atoms with E-state index < -0.39 is 5.54 Å². The highest BCUT2D eigenvalue weighted by Crippen LogP contribution is 2.29. The van der Waals surface area contributed by atoms with Crippen molar-refractivity contribution in [2.24, 2.45) is 0 Å². The lowest BCUT2D eigenvalue weighted by Crippen LogP contribution is -2.63. The van der Waals surface area contributed by atoms with Crippen LogP contribution in [-0.2, 0) is 9.59 Å². The second kappa shape index (κ2) is 6.74. The van der Waals surface area contributed by atoms with Crippen molar-refractivity contribution in [2.45, 2.75) is 47.1 Å². The molecule has 0 bridgehead atoms. The first-order valence-corrected chi connectivity index (χ1v) is 7.46. The predicted octanol–water partition coefficient (Wildman–Crippen LogP) is 2.99. The second-order valence-electron chi connectivity index (χ2n) is 5.76. The topological polar surface area (TPSA) is 40.6 Å². The van der Waals surface area contributed by atoms with E-state index in [1.165, 1.54) is 6.92 Å². The van der Waals surface area contributed by atoms with Crippen molar-refractivity contribution in [3.63, 3.8) is 0 Å². The van der Waals surface area contributed by atoms with Crippen LogP contribution >= 0.6 is 0 Å². The van der Waals surface area contributed by atoms with Crippen LogP contribution in [0.4, 0.5) is 5.69 Å². The number of carbonyl (C=O) groups excluding carboxylic acids is 2. The quantitative estimate of drug-likeness (QED) is 0.797. The average Bonchev–Trinajstić information content (AvgIpc) is 2.39. The van der Waals surface area contributed by atoms with Gasteiger partial charge >= 0.3 is 0 Å². The smallest absolute Gasteiger partial charge is 0.247 e. The molecule has 1 aliphatic rings. The van der Waals surface area contributed by atoms with Gasteiger partial charge in [-0.1, -0.05) is 26.0 Å². The third-order valence-corrected chi connectivity index (χ3v) is 3.46. The summed E-state index contributed by atoms with van der Waals surface area (Å²) in [5.41, 5.74) is 1.63. The minimum atomic E-state index is -0.394. The molecule has 21 heavy (non-hydrogen) atoms. The summed E-state index contributed by atoms with van der Waals surface area (Å²) in [6, 6.07) is 7.90. The number of benzene rings is 1. The Labute approximate surface area is 127 Å². The maximum absolute atomic E-state index is 12.4. The molecule has 2 amide bonds. The van der Waals surface area contributed by atoms with E-state index in [1.807, 2.05) is 58.9 Å². The molecule has 1 fully saturated rings. The second-order valence-corrected chi connectivity index (χ2v) is 5.76. The monoisotopic (exact) mass is 290 g/mol. The summed E-state index contributed by atoms with van der Waals surface area (Å²) in [6.45, 7) is 12.2. The summed E-state index contributed by atoms with van der Waals surface area (Å²) in [5.74, 6) is -0.0811. The van der Waals surface area contributed by atoms with Crippen molar-refractivity contribution in [2.75, 3.05) is 18.0 Å². The molecule has 1 aromatic rings. The van der Waals surface area contributed by atoms with E-state index in [2.05, 4.69) is 0 Å². The molecule has 0 spiro atoms. The normalized spacial score (nSPS) is 17.1. The van der Waals surface area contributed by atoms with Crippen LogP contribution in [0.2, 0.25) is 0 Å². The van der Waals surface area contributed by atoms with Gasteiger partial charge < -0.3 is 9.80 Å². The van der Waals surface area contributed by atoms with Gasteiger partial charge in [0, 0.05) is 19.2 Å². The highest BCUT2D eigenvalue weighted by atomic mass is 16.2. The number of carbonyl (C=O) groups is 2. The Balaban J connectivity index is 0.00000106. The van der Waals surface area contributed by atoms with Crippen molar-refractivity contribution in [3.8, 4) is 0 Å². The van der Waals surface area contributed by atoms with Crippen LogP contribution < -0.4 is 4.90 Å². The predicted molar refractivity (Wildman–Crippen MR) is 86.3 cm³/mol. The van der Waals surface area contributed by atoms with E-state index in [0.717, 1.165) is 11.3 Å². The summed E-state index contributed by atoms with van der Waals surface area (Å²) in [7, 11) is 0. The molecule has 0 N–H and O–H groups in total. The third kappa shape index (κ3) is 3.84. The molecule has 1 aliphatic heterocycles. The van der Waals surface area contributed by atoms with Crippen molar-refractivity contribution in [1.82, 2.24) is 4.90 Å². The van der Waals surface area contributed by atoms with E-state index in [0.29, 0.717) is 6.54 Å². The van der Waals surface area contributed by atoms with Gasteiger partial charge in [0.1, 0.15) is 6.54 Å². The SMILES string of the molecule is CC.CC(=O)N1CC(=O)N(c2cccc(C)c2)C(C)(C)C1. The van der Waals surface area contributed by atoms with Gasteiger partial charge in [-0.15, -0.1) is 0 Å². The fraction of sp³-hybridized carbons (Fsp3) is 0.529. The van der Waals surface area contributed by atoms with E-state index in [4.69, 9.17) is 0 Å². The molecule has 0 aromatic heterocycles. The minimum absolute atomic E-state index is 0.0305. The zero-order valence-electron chi connectivity index (χ0n) is 13.9. The molecule has 4 heteroatoms. The molecule has 0 unspecified atom stereocenters. The van der Waals surface area contributed by atoms with Crippen molar-refractivity contribution < 1.29 is 9.59 Å². The number of nitrogens with zero attached hydrogens (tertiary/aromatic N) is 2. The Bertz CT molecular complexity index is 523. The van der Waals surface area contributed by atoms with E-state index in [9.17, 15) is 9.59 Å². The Morgan fingerprint density at radius 1 is 1.24 bits per heavy atom. The van der Waals surface area contributed by atoms with Gasteiger partial charge in [-0.25, -0.2) is 0 Å². The van der Waals surface area contributed by atoms with Crippen molar-refractivity contribution in [1.29, 1.82) is 0 Å². The Hall–Kier alpha value is -1.84. The molecular formula is C17H26N2O2. The Morgan fingerprint density at radius 3 is 2.33 bits per heavy atom. The first-order valence-electron chi connectivity index (χ1n) is 7.46. The van der Waals surface area contributed by atoms with Gasteiger partial charge in [0.2, 0.25) is 11.8 Å². The number of piperazine rings is 1. The van der Waals surface area contributed by atoms with Gasteiger partial charge in [0.05, 0.1) is 5.54 Å². The minimum Gasteiger partial charge on any atom is -0.331 e. The lowest BCUT2D eigenvalue weighted by atomic mass is 9.97. The largest absolute Gasteiger partial charge is 0.331 e. The Morgan fingerprint density at radius 2 is 1.86 bits per heavy atom. The molecule has 1 aromatic carbocycles. The maximum atomic E-state index is 12.4. The maximum Gasteiger partial charge on any atom is 0.247 e. The molecule has 0 saturated carbocycles. The van der Waals surface area contributed by atoms with E-state index in [-0.39, 0.29) is 18.4 Å². The number of hydrogen-bond donors (Lipinski definition) is 0.